The van der Waals surface area contributed by atoms with Crippen LogP contribution in [0.2, 0.25) is 0 Å². The Labute approximate surface area is 117 Å². The van der Waals surface area contributed by atoms with E-state index in [2.05, 4.69) is 13.2 Å². The number of hydrogen-bond acceptors (Lipinski definition) is 3. The summed E-state index contributed by atoms with van der Waals surface area (Å²) in [6.07, 6.45) is 4.13. The van der Waals surface area contributed by atoms with Crippen molar-refractivity contribution >= 4 is 18.0 Å². The number of allylic oxidation sites excluding steroid dienone is 1. The van der Waals surface area contributed by atoms with Gasteiger partial charge in [0.15, 0.2) is 0 Å². The maximum Gasteiger partial charge on any atom is 0.328 e. The number of nitriles is 1. The quantitative estimate of drug-likeness (QED) is 0.651. The number of rotatable bonds is 3. The van der Waals surface area contributed by atoms with Crippen molar-refractivity contribution in [1.82, 2.24) is 0 Å². The smallest absolute Gasteiger partial charge is 0.328 e. The SMILES string of the molecule is C=CC#N.C=Cc1ccccc1.O=C(O)/C=C\C(=O)O. The second-order valence-electron chi connectivity index (χ2n) is 2.96. The van der Waals surface area contributed by atoms with Crippen LogP contribution in [0, 0.1) is 11.3 Å². The first-order valence-electron chi connectivity index (χ1n) is 5.29. The Balaban J connectivity index is 0. The highest BCUT2D eigenvalue weighted by Crippen LogP contribution is 1.97. The van der Waals surface area contributed by atoms with E-state index < -0.39 is 11.9 Å². The van der Waals surface area contributed by atoms with Crippen LogP contribution in [-0.4, -0.2) is 22.2 Å². The van der Waals surface area contributed by atoms with E-state index in [-0.39, 0.29) is 0 Å². The fourth-order valence-electron chi connectivity index (χ4n) is 0.732. The van der Waals surface area contributed by atoms with Crippen molar-refractivity contribution in [2.75, 3.05) is 0 Å². The standard InChI is InChI=1S/C8H8.C4H4O4.C3H3N/c1-2-8-6-4-3-5-7-8;5-3(6)1-2-4(7)8;1-2-3-4/h2-7H,1H2;1-2H,(H,5,6)(H,7,8);2H,1H2/b;2-1-;. The number of nitrogens with zero attached hydrogens (tertiary/aromatic N) is 1. The number of carbonyl (C=O) groups is 2. The first-order chi connectivity index (χ1) is 9.47. The van der Waals surface area contributed by atoms with Crippen LogP contribution in [0.15, 0.2) is 61.7 Å². The molecule has 104 valence electrons. The lowest BCUT2D eigenvalue weighted by Crippen LogP contribution is -1.91. The molecule has 0 aliphatic rings. The number of aliphatic carboxylic acids is 2. The normalized spacial score (nSPS) is 7.95. The number of hydrogen-bond donors (Lipinski definition) is 2. The second-order valence-corrected chi connectivity index (χ2v) is 2.96. The second kappa shape index (κ2) is 13.9. The largest absolute Gasteiger partial charge is 0.478 e. The predicted octanol–water partition coefficient (Wildman–Crippen LogP) is 2.74. The molecule has 0 amide bonds. The first-order valence-corrected chi connectivity index (χ1v) is 5.29. The van der Waals surface area contributed by atoms with Gasteiger partial charge < -0.3 is 10.2 Å². The predicted molar refractivity (Wildman–Crippen MR) is 76.8 cm³/mol. The molecule has 5 heteroatoms. The van der Waals surface area contributed by atoms with Crippen molar-refractivity contribution in [3.8, 4) is 6.07 Å². The summed E-state index contributed by atoms with van der Waals surface area (Å²) in [6.45, 7) is 6.75. The van der Waals surface area contributed by atoms with E-state index in [9.17, 15) is 9.59 Å². The van der Waals surface area contributed by atoms with Crippen molar-refractivity contribution in [2.45, 2.75) is 0 Å². The molecule has 0 aliphatic heterocycles. The Morgan fingerprint density at radius 1 is 1.05 bits per heavy atom. The van der Waals surface area contributed by atoms with Crippen LogP contribution >= 0.6 is 0 Å². The van der Waals surface area contributed by atoms with Gasteiger partial charge in [-0.15, -0.1) is 0 Å². The van der Waals surface area contributed by atoms with Crippen LogP contribution < -0.4 is 0 Å². The molecule has 0 radical (unpaired) electrons. The molecule has 0 saturated heterocycles. The third-order valence-corrected chi connectivity index (χ3v) is 1.50. The van der Waals surface area contributed by atoms with Crippen molar-refractivity contribution in [3.05, 3.63) is 67.3 Å². The maximum atomic E-state index is 9.55. The molecule has 1 rings (SSSR count). The van der Waals surface area contributed by atoms with Crippen molar-refractivity contribution in [3.63, 3.8) is 0 Å². The third-order valence-electron chi connectivity index (χ3n) is 1.50. The van der Waals surface area contributed by atoms with Gasteiger partial charge in [0.1, 0.15) is 0 Å². The summed E-state index contributed by atoms with van der Waals surface area (Å²) in [5, 5.41) is 23.1. The highest BCUT2D eigenvalue weighted by atomic mass is 16.4. The molecule has 0 saturated carbocycles. The lowest BCUT2D eigenvalue weighted by Gasteiger charge is -1.85. The van der Waals surface area contributed by atoms with Gasteiger partial charge >= 0.3 is 11.9 Å². The average molecular weight is 273 g/mol. The minimum Gasteiger partial charge on any atom is -0.478 e. The summed E-state index contributed by atoms with van der Waals surface area (Å²) in [5.74, 6) is -2.51. The first kappa shape index (κ1) is 19.2. The Morgan fingerprint density at radius 2 is 1.45 bits per heavy atom. The van der Waals surface area contributed by atoms with Crippen molar-refractivity contribution in [2.24, 2.45) is 0 Å². The van der Waals surface area contributed by atoms with Crippen LogP contribution in [0.3, 0.4) is 0 Å². The molecular weight excluding hydrogens is 258 g/mol. The Hall–Kier alpha value is -3.13. The van der Waals surface area contributed by atoms with Crippen molar-refractivity contribution < 1.29 is 19.8 Å². The van der Waals surface area contributed by atoms with E-state index in [1.165, 1.54) is 11.6 Å². The van der Waals surface area contributed by atoms with Crippen LogP contribution in [0.1, 0.15) is 5.56 Å². The van der Waals surface area contributed by atoms with Gasteiger partial charge in [-0.1, -0.05) is 49.6 Å². The summed E-state index contributed by atoms with van der Waals surface area (Å²) in [4.78, 5) is 19.1. The zero-order chi connectivity index (χ0) is 15.8. The molecule has 5 nitrogen and oxygen atoms in total. The Bertz CT molecular complexity index is 482. The lowest BCUT2D eigenvalue weighted by molar-refractivity contribution is -0.134. The zero-order valence-electron chi connectivity index (χ0n) is 10.8. The minimum atomic E-state index is -1.26. The van der Waals surface area contributed by atoms with Gasteiger partial charge in [-0.25, -0.2) is 9.59 Å². The molecule has 0 aliphatic carbocycles. The molecule has 0 spiro atoms. The van der Waals surface area contributed by atoms with Gasteiger partial charge in [0.25, 0.3) is 0 Å². The monoisotopic (exact) mass is 273 g/mol. The lowest BCUT2D eigenvalue weighted by atomic mass is 10.2. The molecule has 0 heterocycles. The molecular formula is C15H15NO4. The molecule has 20 heavy (non-hydrogen) atoms. The van der Waals surface area contributed by atoms with Crippen LogP contribution in [0.4, 0.5) is 0 Å². The third kappa shape index (κ3) is 17.3. The van der Waals surface area contributed by atoms with E-state index in [0.717, 1.165) is 0 Å². The molecule has 2 N–H and O–H groups in total. The van der Waals surface area contributed by atoms with Crippen LogP contribution in [0.25, 0.3) is 6.08 Å². The fourth-order valence-corrected chi connectivity index (χ4v) is 0.732. The van der Waals surface area contributed by atoms with Gasteiger partial charge in [0.2, 0.25) is 0 Å². The molecule has 0 bridgehead atoms. The van der Waals surface area contributed by atoms with Gasteiger partial charge in [-0.2, -0.15) is 5.26 Å². The Kier molecular flexibility index (Phi) is 13.4. The summed E-state index contributed by atoms with van der Waals surface area (Å²) in [7, 11) is 0. The molecule has 1 aromatic rings. The summed E-state index contributed by atoms with van der Waals surface area (Å²) >= 11 is 0. The van der Waals surface area contributed by atoms with Crippen molar-refractivity contribution in [1.29, 1.82) is 5.26 Å². The number of carboxylic acid groups (broad SMARTS) is 2. The van der Waals surface area contributed by atoms with Gasteiger partial charge in [0.05, 0.1) is 6.07 Å². The highest BCUT2D eigenvalue weighted by Gasteiger charge is 1.88. The summed E-state index contributed by atoms with van der Waals surface area (Å²) in [5.41, 5.74) is 1.17. The number of benzene rings is 1. The van der Waals surface area contributed by atoms with Gasteiger partial charge in [-0.05, 0) is 5.56 Å². The average Bonchev–Trinajstić information content (AvgIpc) is 2.47. The fraction of sp³-hybridized carbons (Fsp3) is 0. The van der Waals surface area contributed by atoms with E-state index in [1.807, 2.05) is 36.4 Å². The highest BCUT2D eigenvalue weighted by molar-refractivity contribution is 5.89. The Morgan fingerprint density at radius 3 is 1.65 bits per heavy atom. The van der Waals surface area contributed by atoms with E-state index in [1.54, 1.807) is 6.07 Å². The van der Waals surface area contributed by atoms with Gasteiger partial charge in [-0.3, -0.25) is 0 Å². The molecule has 0 atom stereocenters. The molecule has 0 fully saturated rings. The van der Waals surface area contributed by atoms with E-state index >= 15 is 0 Å². The maximum absolute atomic E-state index is 9.55. The van der Waals surface area contributed by atoms with Crippen LogP contribution in [-0.2, 0) is 9.59 Å². The van der Waals surface area contributed by atoms with E-state index in [4.69, 9.17) is 15.5 Å². The van der Waals surface area contributed by atoms with Crippen LogP contribution in [0.5, 0.6) is 0 Å². The zero-order valence-corrected chi connectivity index (χ0v) is 10.8. The van der Waals surface area contributed by atoms with Gasteiger partial charge in [0, 0.05) is 18.2 Å². The minimum absolute atomic E-state index is 0.558. The van der Waals surface area contributed by atoms with E-state index in [0.29, 0.717) is 12.2 Å². The summed E-state index contributed by atoms with van der Waals surface area (Å²) < 4.78 is 0. The summed E-state index contributed by atoms with van der Waals surface area (Å²) in [6, 6.07) is 11.7. The molecule has 1 aromatic carbocycles. The molecule has 0 unspecified atom stereocenters. The number of carboxylic acids is 2. The topological polar surface area (TPSA) is 98.4 Å². The molecule has 0 aromatic heterocycles.